The Labute approximate surface area is 134 Å². The average molecular weight is 312 g/mol. The molecular weight excluding hydrogens is 292 g/mol. The van der Waals surface area contributed by atoms with Crippen LogP contribution in [-0.4, -0.2) is 15.0 Å². The Kier molecular flexibility index (Phi) is 4.65. The lowest BCUT2D eigenvalue weighted by molar-refractivity contribution is 0.461. The van der Waals surface area contributed by atoms with Crippen molar-refractivity contribution in [1.82, 2.24) is 20.3 Å². The van der Waals surface area contributed by atoms with Crippen molar-refractivity contribution in [3.05, 3.63) is 58.4 Å². The van der Waals surface area contributed by atoms with E-state index in [2.05, 4.69) is 59.0 Å². The fourth-order valence-corrected chi connectivity index (χ4v) is 2.92. The number of nitrogens with one attached hydrogen (secondary N) is 1. The van der Waals surface area contributed by atoms with Gasteiger partial charge in [-0.15, -0.1) is 11.3 Å². The lowest BCUT2D eigenvalue weighted by Gasteiger charge is -2.02. The lowest BCUT2D eigenvalue weighted by atomic mass is 10.1. The molecule has 1 N–H and O–H groups in total. The molecule has 1 aromatic carbocycles. The normalized spacial score (nSPS) is 11.2. The molecule has 22 heavy (non-hydrogen) atoms. The van der Waals surface area contributed by atoms with E-state index >= 15 is 0 Å². The fraction of sp³-hybridized carbons (Fsp3) is 0.294. The second-order valence-electron chi connectivity index (χ2n) is 5.46. The second-order valence-corrected chi connectivity index (χ2v) is 6.49. The molecule has 5 heteroatoms. The summed E-state index contributed by atoms with van der Waals surface area (Å²) in [6.07, 6.45) is 0. The Morgan fingerprint density at radius 2 is 1.86 bits per heavy atom. The third-order valence-corrected chi connectivity index (χ3v) is 4.26. The van der Waals surface area contributed by atoms with Crippen LogP contribution < -0.4 is 5.32 Å². The first-order valence-corrected chi connectivity index (χ1v) is 8.36. The first-order chi connectivity index (χ1) is 10.7. The Morgan fingerprint density at radius 3 is 2.55 bits per heavy atom. The first-order valence-electron chi connectivity index (χ1n) is 7.48. The topological polar surface area (TPSA) is 42.7 Å². The molecule has 0 amide bonds. The molecule has 4 nitrogen and oxygen atoms in total. The SMILES string of the molecule is CC(C)n1nc(CNCc2cccs2)c(-c2ccccc2)n1. The molecule has 0 saturated heterocycles. The van der Waals surface area contributed by atoms with E-state index in [1.54, 1.807) is 16.1 Å². The summed E-state index contributed by atoms with van der Waals surface area (Å²) >= 11 is 1.77. The van der Waals surface area contributed by atoms with E-state index in [4.69, 9.17) is 0 Å². The zero-order valence-corrected chi connectivity index (χ0v) is 13.7. The minimum Gasteiger partial charge on any atom is -0.306 e. The van der Waals surface area contributed by atoms with Gasteiger partial charge in [0, 0.05) is 23.5 Å². The number of hydrogen-bond acceptors (Lipinski definition) is 4. The lowest BCUT2D eigenvalue weighted by Crippen LogP contribution is -2.13. The van der Waals surface area contributed by atoms with Crippen molar-refractivity contribution in [3.63, 3.8) is 0 Å². The molecule has 0 aliphatic carbocycles. The van der Waals surface area contributed by atoms with Gasteiger partial charge in [0.1, 0.15) is 11.4 Å². The predicted molar refractivity (Wildman–Crippen MR) is 90.7 cm³/mol. The Morgan fingerprint density at radius 1 is 1.05 bits per heavy atom. The van der Waals surface area contributed by atoms with E-state index in [-0.39, 0.29) is 6.04 Å². The number of rotatable bonds is 6. The van der Waals surface area contributed by atoms with E-state index in [0.29, 0.717) is 0 Å². The highest BCUT2D eigenvalue weighted by Gasteiger charge is 2.14. The maximum absolute atomic E-state index is 4.66. The van der Waals surface area contributed by atoms with E-state index < -0.39 is 0 Å². The number of thiophene rings is 1. The monoisotopic (exact) mass is 312 g/mol. The molecule has 114 valence electrons. The highest BCUT2D eigenvalue weighted by molar-refractivity contribution is 7.09. The molecule has 3 aromatic rings. The van der Waals surface area contributed by atoms with Crippen LogP contribution in [0.15, 0.2) is 47.8 Å². The van der Waals surface area contributed by atoms with Gasteiger partial charge in [-0.3, -0.25) is 0 Å². The van der Waals surface area contributed by atoms with Crippen molar-refractivity contribution < 1.29 is 0 Å². The standard InChI is InChI=1S/C17H20N4S/c1-13(2)21-19-16(12-18-11-15-9-6-10-22-15)17(20-21)14-7-4-3-5-8-14/h3-10,13,18H,11-12H2,1-2H3. The van der Waals surface area contributed by atoms with Gasteiger partial charge in [0.25, 0.3) is 0 Å². The van der Waals surface area contributed by atoms with Crippen LogP contribution in [0, 0.1) is 0 Å². The summed E-state index contributed by atoms with van der Waals surface area (Å²) < 4.78 is 0. The van der Waals surface area contributed by atoms with Crippen LogP contribution in [0.2, 0.25) is 0 Å². The van der Waals surface area contributed by atoms with Gasteiger partial charge in [0.05, 0.1) is 6.04 Å². The smallest absolute Gasteiger partial charge is 0.117 e. The van der Waals surface area contributed by atoms with Gasteiger partial charge in [-0.05, 0) is 25.3 Å². The summed E-state index contributed by atoms with van der Waals surface area (Å²) in [5.41, 5.74) is 3.08. The molecule has 0 saturated carbocycles. The molecule has 0 radical (unpaired) electrons. The number of nitrogens with zero attached hydrogens (tertiary/aromatic N) is 3. The molecule has 3 rings (SSSR count). The third-order valence-electron chi connectivity index (χ3n) is 3.38. The van der Waals surface area contributed by atoms with E-state index in [9.17, 15) is 0 Å². The minimum atomic E-state index is 0.258. The third kappa shape index (κ3) is 3.43. The predicted octanol–water partition coefficient (Wildman–Crippen LogP) is 3.88. The quantitative estimate of drug-likeness (QED) is 0.751. The Balaban J connectivity index is 1.79. The van der Waals surface area contributed by atoms with Crippen molar-refractivity contribution in [3.8, 4) is 11.3 Å². The second kappa shape index (κ2) is 6.85. The van der Waals surface area contributed by atoms with Gasteiger partial charge in [0.15, 0.2) is 0 Å². The van der Waals surface area contributed by atoms with Crippen LogP contribution in [0.25, 0.3) is 11.3 Å². The average Bonchev–Trinajstić information content (AvgIpc) is 3.18. The fourth-order valence-electron chi connectivity index (χ4n) is 2.24. The molecule has 2 heterocycles. The van der Waals surface area contributed by atoms with Crippen LogP contribution in [0.4, 0.5) is 0 Å². The highest BCUT2D eigenvalue weighted by Crippen LogP contribution is 2.21. The summed E-state index contributed by atoms with van der Waals surface area (Å²) in [6.45, 7) is 5.77. The van der Waals surface area contributed by atoms with Crippen LogP contribution in [0.5, 0.6) is 0 Å². The van der Waals surface area contributed by atoms with E-state index in [1.807, 2.05) is 18.2 Å². The van der Waals surface area contributed by atoms with Gasteiger partial charge < -0.3 is 5.32 Å². The minimum absolute atomic E-state index is 0.258. The summed E-state index contributed by atoms with van der Waals surface area (Å²) in [4.78, 5) is 3.13. The highest BCUT2D eigenvalue weighted by atomic mass is 32.1. The number of hydrogen-bond donors (Lipinski definition) is 1. The van der Waals surface area contributed by atoms with Crippen molar-refractivity contribution in [2.45, 2.75) is 33.0 Å². The zero-order valence-electron chi connectivity index (χ0n) is 12.9. The zero-order chi connectivity index (χ0) is 15.4. The Bertz CT molecular complexity index is 702. The van der Waals surface area contributed by atoms with Crippen LogP contribution in [0.1, 0.15) is 30.5 Å². The largest absolute Gasteiger partial charge is 0.306 e. The van der Waals surface area contributed by atoms with E-state index in [1.165, 1.54) is 4.88 Å². The van der Waals surface area contributed by atoms with Crippen LogP contribution in [0.3, 0.4) is 0 Å². The van der Waals surface area contributed by atoms with Gasteiger partial charge in [-0.1, -0.05) is 36.4 Å². The summed E-state index contributed by atoms with van der Waals surface area (Å²) in [5.74, 6) is 0. The number of benzene rings is 1. The molecule has 0 aliphatic rings. The van der Waals surface area contributed by atoms with Crippen LogP contribution in [-0.2, 0) is 13.1 Å². The first kappa shape index (κ1) is 14.9. The summed E-state index contributed by atoms with van der Waals surface area (Å²) in [7, 11) is 0. The molecule has 0 unspecified atom stereocenters. The van der Waals surface area contributed by atoms with Crippen molar-refractivity contribution in [2.75, 3.05) is 0 Å². The molecule has 0 spiro atoms. The maximum Gasteiger partial charge on any atom is 0.117 e. The van der Waals surface area contributed by atoms with Gasteiger partial charge in [-0.2, -0.15) is 15.0 Å². The molecular formula is C17H20N4S. The van der Waals surface area contributed by atoms with Crippen LogP contribution >= 0.6 is 11.3 Å². The summed E-state index contributed by atoms with van der Waals surface area (Å²) in [6, 6.07) is 14.7. The molecule has 0 aliphatic heterocycles. The van der Waals surface area contributed by atoms with Crippen molar-refractivity contribution in [1.29, 1.82) is 0 Å². The molecule has 0 fully saturated rings. The summed E-state index contributed by atoms with van der Waals surface area (Å²) in [5, 5.41) is 14.9. The Hall–Kier alpha value is -1.98. The van der Waals surface area contributed by atoms with E-state index in [0.717, 1.165) is 30.0 Å². The molecule has 2 aromatic heterocycles. The van der Waals surface area contributed by atoms with Gasteiger partial charge >= 0.3 is 0 Å². The van der Waals surface area contributed by atoms with Gasteiger partial charge in [0.2, 0.25) is 0 Å². The maximum atomic E-state index is 4.66. The molecule has 0 atom stereocenters. The number of aromatic nitrogens is 3. The van der Waals surface area contributed by atoms with Crippen molar-refractivity contribution in [2.24, 2.45) is 0 Å². The van der Waals surface area contributed by atoms with Gasteiger partial charge in [-0.25, -0.2) is 0 Å². The van der Waals surface area contributed by atoms with Crippen molar-refractivity contribution >= 4 is 11.3 Å². The molecule has 0 bridgehead atoms.